The van der Waals surface area contributed by atoms with Gasteiger partial charge in [-0.3, -0.25) is 9.59 Å². The predicted octanol–water partition coefficient (Wildman–Crippen LogP) is 1.66. The molecule has 98 valence electrons. The minimum atomic E-state index is 0.0573. The third-order valence-corrected chi connectivity index (χ3v) is 4.24. The number of rotatable bonds is 5. The molecule has 0 spiro atoms. The van der Waals surface area contributed by atoms with Crippen LogP contribution in [0.3, 0.4) is 0 Å². The molecule has 0 aromatic carbocycles. The molecular weight excluding hydrogens is 248 g/mol. The molecule has 1 fully saturated rings. The molecule has 1 unspecified atom stereocenters. The Bertz CT molecular complexity index is 417. The number of hydrogen-bond donors (Lipinski definition) is 1. The van der Waals surface area contributed by atoms with E-state index in [9.17, 15) is 9.59 Å². The van der Waals surface area contributed by atoms with Crippen molar-refractivity contribution in [3.8, 4) is 0 Å². The van der Waals surface area contributed by atoms with Gasteiger partial charge in [0, 0.05) is 32.0 Å². The maximum atomic E-state index is 12.0. The monoisotopic (exact) mass is 266 g/mol. The molecule has 1 aromatic heterocycles. The van der Waals surface area contributed by atoms with Crippen molar-refractivity contribution in [2.75, 3.05) is 13.1 Å². The van der Waals surface area contributed by atoms with E-state index in [1.54, 1.807) is 6.07 Å². The Morgan fingerprint density at radius 1 is 1.44 bits per heavy atom. The van der Waals surface area contributed by atoms with Crippen LogP contribution >= 0.6 is 11.3 Å². The summed E-state index contributed by atoms with van der Waals surface area (Å²) < 4.78 is 0. The highest BCUT2D eigenvalue weighted by Crippen LogP contribution is 2.19. The van der Waals surface area contributed by atoms with Gasteiger partial charge in [0.05, 0.1) is 4.88 Å². The van der Waals surface area contributed by atoms with Gasteiger partial charge in [0.2, 0.25) is 5.91 Å². The van der Waals surface area contributed by atoms with Crippen molar-refractivity contribution in [1.29, 1.82) is 0 Å². The number of likely N-dealkylation sites (tertiary alicyclic amines) is 1. The number of ketones is 1. The Labute approximate surface area is 111 Å². The second-order valence-corrected chi connectivity index (χ2v) is 5.47. The van der Waals surface area contributed by atoms with E-state index in [-0.39, 0.29) is 17.7 Å². The van der Waals surface area contributed by atoms with Crippen molar-refractivity contribution in [1.82, 2.24) is 4.90 Å². The number of carbonyl (C=O) groups is 2. The average Bonchev–Trinajstić information content (AvgIpc) is 3.04. The molecule has 0 aliphatic carbocycles. The largest absolute Gasteiger partial charge is 0.338 e. The van der Waals surface area contributed by atoms with Crippen LogP contribution in [0.5, 0.6) is 0 Å². The average molecular weight is 266 g/mol. The SMILES string of the molecule is NCC1CCCN1C(=O)CCC(=O)c1cccs1. The molecule has 2 N–H and O–H groups in total. The lowest BCUT2D eigenvalue weighted by atomic mass is 10.1. The summed E-state index contributed by atoms with van der Waals surface area (Å²) in [7, 11) is 0. The number of hydrogen-bond acceptors (Lipinski definition) is 4. The first-order chi connectivity index (χ1) is 8.72. The number of nitrogens with zero attached hydrogens (tertiary/aromatic N) is 1. The van der Waals surface area contributed by atoms with Crippen LogP contribution in [0.1, 0.15) is 35.4 Å². The van der Waals surface area contributed by atoms with E-state index in [2.05, 4.69) is 0 Å². The standard InChI is InChI=1S/C13H18N2O2S/c14-9-10-3-1-7-15(10)13(17)6-5-11(16)12-4-2-8-18-12/h2,4,8,10H,1,3,5-7,9,14H2. The van der Waals surface area contributed by atoms with Gasteiger partial charge in [-0.05, 0) is 24.3 Å². The highest BCUT2D eigenvalue weighted by molar-refractivity contribution is 7.12. The van der Waals surface area contributed by atoms with Gasteiger partial charge in [-0.1, -0.05) is 6.07 Å². The minimum Gasteiger partial charge on any atom is -0.338 e. The smallest absolute Gasteiger partial charge is 0.223 e. The van der Waals surface area contributed by atoms with Crippen LogP contribution in [-0.4, -0.2) is 35.7 Å². The first-order valence-corrected chi connectivity index (χ1v) is 7.16. The van der Waals surface area contributed by atoms with Crippen LogP contribution in [0, 0.1) is 0 Å². The number of thiophene rings is 1. The second-order valence-electron chi connectivity index (χ2n) is 4.52. The van der Waals surface area contributed by atoms with Crippen molar-refractivity contribution >= 4 is 23.0 Å². The molecule has 1 atom stereocenters. The number of amides is 1. The molecule has 1 saturated heterocycles. The summed E-state index contributed by atoms with van der Waals surface area (Å²) in [6, 6.07) is 3.83. The number of Topliss-reactive ketones (excluding diaryl/α,β-unsaturated/α-hetero) is 1. The van der Waals surface area contributed by atoms with Gasteiger partial charge < -0.3 is 10.6 Å². The van der Waals surface area contributed by atoms with E-state index in [0.29, 0.717) is 19.4 Å². The predicted molar refractivity (Wildman–Crippen MR) is 71.7 cm³/mol. The molecule has 5 heteroatoms. The fourth-order valence-electron chi connectivity index (χ4n) is 2.33. The lowest BCUT2D eigenvalue weighted by Gasteiger charge is -2.23. The Kier molecular flexibility index (Phi) is 4.49. The molecule has 4 nitrogen and oxygen atoms in total. The normalized spacial score (nSPS) is 19.2. The third-order valence-electron chi connectivity index (χ3n) is 3.33. The van der Waals surface area contributed by atoms with E-state index >= 15 is 0 Å². The van der Waals surface area contributed by atoms with Crippen molar-refractivity contribution in [3.05, 3.63) is 22.4 Å². The van der Waals surface area contributed by atoms with Crippen molar-refractivity contribution in [3.63, 3.8) is 0 Å². The van der Waals surface area contributed by atoms with Crippen LogP contribution < -0.4 is 5.73 Å². The molecule has 2 rings (SSSR count). The molecule has 1 aliphatic heterocycles. The van der Waals surface area contributed by atoms with E-state index in [0.717, 1.165) is 24.3 Å². The van der Waals surface area contributed by atoms with Crippen LogP contribution in [0.25, 0.3) is 0 Å². The second kappa shape index (κ2) is 6.11. The highest BCUT2D eigenvalue weighted by atomic mass is 32.1. The molecule has 18 heavy (non-hydrogen) atoms. The van der Waals surface area contributed by atoms with Crippen molar-refractivity contribution in [2.24, 2.45) is 5.73 Å². The molecule has 1 aliphatic rings. The summed E-state index contributed by atoms with van der Waals surface area (Å²) in [6.45, 7) is 1.30. The van der Waals surface area contributed by atoms with E-state index in [1.807, 2.05) is 16.3 Å². The third kappa shape index (κ3) is 2.97. The zero-order chi connectivity index (χ0) is 13.0. The van der Waals surface area contributed by atoms with E-state index in [4.69, 9.17) is 5.73 Å². The highest BCUT2D eigenvalue weighted by Gasteiger charge is 2.27. The van der Waals surface area contributed by atoms with Gasteiger partial charge in [-0.2, -0.15) is 0 Å². The van der Waals surface area contributed by atoms with E-state index < -0.39 is 0 Å². The van der Waals surface area contributed by atoms with Gasteiger partial charge >= 0.3 is 0 Å². The first kappa shape index (κ1) is 13.2. The lowest BCUT2D eigenvalue weighted by Crippen LogP contribution is -2.39. The molecule has 0 bridgehead atoms. The van der Waals surface area contributed by atoms with Crippen molar-refractivity contribution < 1.29 is 9.59 Å². The van der Waals surface area contributed by atoms with Gasteiger partial charge in [0.25, 0.3) is 0 Å². The summed E-state index contributed by atoms with van der Waals surface area (Å²) in [5.41, 5.74) is 5.64. The Morgan fingerprint density at radius 3 is 2.94 bits per heavy atom. The van der Waals surface area contributed by atoms with Crippen LogP contribution in [-0.2, 0) is 4.79 Å². The molecule has 0 radical (unpaired) electrons. The zero-order valence-corrected chi connectivity index (χ0v) is 11.1. The lowest BCUT2D eigenvalue weighted by molar-refractivity contribution is -0.131. The molecule has 1 amide bonds. The van der Waals surface area contributed by atoms with Crippen LogP contribution in [0.4, 0.5) is 0 Å². The Balaban J connectivity index is 1.83. The van der Waals surface area contributed by atoms with E-state index in [1.165, 1.54) is 11.3 Å². The van der Waals surface area contributed by atoms with Gasteiger partial charge in [-0.15, -0.1) is 11.3 Å². The fourth-order valence-corrected chi connectivity index (χ4v) is 3.03. The van der Waals surface area contributed by atoms with Gasteiger partial charge in [0.1, 0.15) is 0 Å². The fraction of sp³-hybridized carbons (Fsp3) is 0.538. The topological polar surface area (TPSA) is 63.4 Å². The molecule has 2 heterocycles. The molecular formula is C13H18N2O2S. The summed E-state index contributed by atoms with van der Waals surface area (Å²) in [6.07, 6.45) is 2.61. The summed E-state index contributed by atoms with van der Waals surface area (Å²) in [4.78, 5) is 26.4. The molecule has 1 aromatic rings. The number of nitrogens with two attached hydrogens (primary N) is 1. The maximum Gasteiger partial charge on any atom is 0.223 e. The van der Waals surface area contributed by atoms with Crippen molar-refractivity contribution in [2.45, 2.75) is 31.7 Å². The summed E-state index contributed by atoms with van der Waals surface area (Å²) >= 11 is 1.43. The first-order valence-electron chi connectivity index (χ1n) is 6.28. The van der Waals surface area contributed by atoms with Gasteiger partial charge in [-0.25, -0.2) is 0 Å². The quantitative estimate of drug-likeness (QED) is 0.824. The zero-order valence-electron chi connectivity index (χ0n) is 10.3. The molecule has 0 saturated carbocycles. The maximum absolute atomic E-state index is 12.0. The Morgan fingerprint density at radius 2 is 2.28 bits per heavy atom. The van der Waals surface area contributed by atoms with Crippen LogP contribution in [0.2, 0.25) is 0 Å². The summed E-state index contributed by atoms with van der Waals surface area (Å²) in [5, 5.41) is 1.87. The number of carbonyl (C=O) groups excluding carboxylic acids is 2. The van der Waals surface area contributed by atoms with Crippen LogP contribution in [0.15, 0.2) is 17.5 Å². The van der Waals surface area contributed by atoms with Gasteiger partial charge in [0.15, 0.2) is 5.78 Å². The summed E-state index contributed by atoms with van der Waals surface area (Å²) in [5.74, 6) is 0.120. The minimum absolute atomic E-state index is 0.0573. The Hall–Kier alpha value is -1.20.